The Morgan fingerprint density at radius 1 is 0.909 bits per heavy atom. The lowest BCUT2D eigenvalue weighted by Crippen LogP contribution is -2.59. The van der Waals surface area contributed by atoms with Gasteiger partial charge in [-0.2, -0.15) is 12.6 Å². The highest BCUT2D eigenvalue weighted by Gasteiger charge is 2.31. The number of nitrogens with two attached hydrogens (primary N) is 1. The molecule has 0 saturated heterocycles. The number of hydrogen-bond donors (Lipinski definition) is 7. The molecule has 1 aromatic rings. The first kappa shape index (κ1) is 28.4. The van der Waals surface area contributed by atoms with Crippen LogP contribution < -0.4 is 21.7 Å². The largest absolute Gasteiger partial charge is 0.480 e. The highest BCUT2D eigenvalue weighted by molar-refractivity contribution is 7.80. The molecule has 0 radical (unpaired) electrons. The van der Waals surface area contributed by atoms with Crippen molar-refractivity contribution >= 4 is 36.3 Å². The third kappa shape index (κ3) is 9.80. The summed E-state index contributed by atoms with van der Waals surface area (Å²) in [6.45, 7) is 5.05. The van der Waals surface area contributed by atoms with Gasteiger partial charge in [-0.3, -0.25) is 14.4 Å². The monoisotopic (exact) mass is 482 g/mol. The summed E-state index contributed by atoms with van der Waals surface area (Å²) < 4.78 is 0. The predicted molar refractivity (Wildman–Crippen MR) is 127 cm³/mol. The van der Waals surface area contributed by atoms with E-state index in [9.17, 15) is 29.4 Å². The van der Waals surface area contributed by atoms with E-state index in [0.717, 1.165) is 5.56 Å². The first-order valence-corrected chi connectivity index (χ1v) is 11.3. The summed E-state index contributed by atoms with van der Waals surface area (Å²) >= 11 is 4.07. The van der Waals surface area contributed by atoms with Gasteiger partial charge in [0.2, 0.25) is 17.7 Å². The van der Waals surface area contributed by atoms with Gasteiger partial charge in [0.15, 0.2) is 0 Å². The van der Waals surface area contributed by atoms with Crippen LogP contribution in [-0.4, -0.2) is 69.9 Å². The molecular weight excluding hydrogens is 448 g/mol. The van der Waals surface area contributed by atoms with Gasteiger partial charge in [0, 0.05) is 12.2 Å². The number of carbonyl (C=O) groups is 4. The van der Waals surface area contributed by atoms with Gasteiger partial charge in [-0.05, 0) is 24.8 Å². The van der Waals surface area contributed by atoms with Crippen molar-refractivity contribution < 1.29 is 29.4 Å². The molecule has 0 aromatic heterocycles. The molecule has 0 bridgehead atoms. The zero-order chi connectivity index (χ0) is 25.1. The molecule has 0 aliphatic carbocycles. The number of rotatable bonds is 13. The van der Waals surface area contributed by atoms with Crippen LogP contribution in [0, 0.1) is 5.92 Å². The van der Waals surface area contributed by atoms with Gasteiger partial charge in [-0.1, -0.05) is 44.2 Å². The van der Waals surface area contributed by atoms with Gasteiger partial charge in [-0.25, -0.2) is 4.79 Å². The molecule has 0 heterocycles. The highest BCUT2D eigenvalue weighted by Crippen LogP contribution is 2.08. The normalized spacial score (nSPS) is 15.6. The fourth-order valence-electron chi connectivity index (χ4n) is 2.98. The molecule has 0 aliphatic rings. The summed E-state index contributed by atoms with van der Waals surface area (Å²) in [5, 5.41) is 26.5. The number of aliphatic hydroxyl groups is 1. The fraction of sp³-hybridized carbons (Fsp3) is 0.545. The van der Waals surface area contributed by atoms with Crippen LogP contribution in [0.4, 0.5) is 0 Å². The van der Waals surface area contributed by atoms with Crippen LogP contribution >= 0.6 is 12.6 Å². The Balaban J connectivity index is 2.91. The average Bonchev–Trinajstić information content (AvgIpc) is 2.75. The molecule has 5 atom stereocenters. The number of carbonyl (C=O) groups excluding carboxylic acids is 3. The third-order valence-electron chi connectivity index (χ3n) is 4.88. The van der Waals surface area contributed by atoms with Crippen LogP contribution in [0.25, 0.3) is 0 Å². The lowest BCUT2D eigenvalue weighted by Gasteiger charge is -2.26. The minimum absolute atomic E-state index is 0.00570. The smallest absolute Gasteiger partial charge is 0.326 e. The van der Waals surface area contributed by atoms with E-state index in [4.69, 9.17) is 5.73 Å². The number of amides is 3. The quantitative estimate of drug-likeness (QED) is 0.185. The molecule has 33 heavy (non-hydrogen) atoms. The molecule has 184 valence electrons. The van der Waals surface area contributed by atoms with Crippen molar-refractivity contribution in [3.05, 3.63) is 35.9 Å². The van der Waals surface area contributed by atoms with Crippen LogP contribution in [0.3, 0.4) is 0 Å². The number of thiol groups is 1. The van der Waals surface area contributed by atoms with Gasteiger partial charge in [0.25, 0.3) is 0 Å². The van der Waals surface area contributed by atoms with Gasteiger partial charge >= 0.3 is 5.97 Å². The van der Waals surface area contributed by atoms with Crippen LogP contribution in [0.15, 0.2) is 30.3 Å². The molecule has 0 aliphatic heterocycles. The predicted octanol–water partition coefficient (Wildman–Crippen LogP) is -0.548. The average molecular weight is 483 g/mol. The van der Waals surface area contributed by atoms with Gasteiger partial charge in [0.1, 0.15) is 24.2 Å². The molecule has 10 nitrogen and oxygen atoms in total. The molecule has 3 amide bonds. The van der Waals surface area contributed by atoms with Crippen molar-refractivity contribution in [2.24, 2.45) is 11.7 Å². The summed E-state index contributed by atoms with van der Waals surface area (Å²) in [5.41, 5.74) is 6.32. The summed E-state index contributed by atoms with van der Waals surface area (Å²) in [4.78, 5) is 49.4. The number of carboxylic acids is 1. The number of hydrogen-bond acceptors (Lipinski definition) is 7. The molecule has 1 rings (SSSR count). The molecule has 7 N–H and O–H groups in total. The summed E-state index contributed by atoms with van der Waals surface area (Å²) in [5.74, 6) is -3.33. The van der Waals surface area contributed by atoms with Crippen molar-refractivity contribution in [3.8, 4) is 0 Å². The van der Waals surface area contributed by atoms with Crippen LogP contribution in [0.1, 0.15) is 32.8 Å². The first-order valence-electron chi connectivity index (χ1n) is 10.7. The van der Waals surface area contributed by atoms with E-state index >= 15 is 0 Å². The maximum absolute atomic E-state index is 12.9. The molecule has 1 aromatic carbocycles. The molecule has 11 heteroatoms. The Morgan fingerprint density at radius 2 is 1.42 bits per heavy atom. The zero-order valence-corrected chi connectivity index (χ0v) is 19.9. The van der Waals surface area contributed by atoms with E-state index in [-0.39, 0.29) is 24.5 Å². The number of aliphatic hydroxyl groups excluding tert-OH is 1. The first-order chi connectivity index (χ1) is 15.5. The Hall–Kier alpha value is -2.63. The summed E-state index contributed by atoms with van der Waals surface area (Å²) in [6, 6.07) is 4.31. The van der Waals surface area contributed by atoms with E-state index in [2.05, 4.69) is 28.6 Å². The second kappa shape index (κ2) is 13.8. The standard InChI is InChI=1S/C22H34N4O6S/c1-12(2)9-15(24-20(29)17(11-33)26-21(30)18(23)13(3)27)19(28)25-16(22(31)32)10-14-7-5-4-6-8-14/h4-8,12-13,15-18,27,33H,9-11,23H2,1-3H3,(H,24,29)(H,25,28)(H,26,30)(H,31,32). The summed E-state index contributed by atoms with van der Waals surface area (Å²) in [7, 11) is 0. The number of nitrogens with one attached hydrogen (secondary N) is 3. The van der Waals surface area contributed by atoms with Crippen LogP contribution in [0.2, 0.25) is 0 Å². The van der Waals surface area contributed by atoms with Gasteiger partial charge in [-0.15, -0.1) is 0 Å². The zero-order valence-electron chi connectivity index (χ0n) is 19.0. The lowest BCUT2D eigenvalue weighted by molar-refractivity contribution is -0.142. The number of carboxylic acid groups (broad SMARTS) is 1. The van der Waals surface area contributed by atoms with Crippen molar-refractivity contribution in [1.82, 2.24) is 16.0 Å². The second-order valence-electron chi connectivity index (χ2n) is 8.29. The number of benzene rings is 1. The van der Waals surface area contributed by atoms with Crippen molar-refractivity contribution in [2.75, 3.05) is 5.75 Å². The van der Waals surface area contributed by atoms with E-state index < -0.39 is 54.0 Å². The van der Waals surface area contributed by atoms with E-state index in [1.807, 2.05) is 13.8 Å². The topological polar surface area (TPSA) is 171 Å². The summed E-state index contributed by atoms with van der Waals surface area (Å²) in [6.07, 6.45) is -0.794. The maximum Gasteiger partial charge on any atom is 0.326 e. The lowest BCUT2D eigenvalue weighted by atomic mass is 10.0. The molecule has 5 unspecified atom stereocenters. The maximum atomic E-state index is 12.9. The van der Waals surface area contributed by atoms with Crippen LogP contribution in [0.5, 0.6) is 0 Å². The van der Waals surface area contributed by atoms with E-state index in [1.54, 1.807) is 30.3 Å². The SMILES string of the molecule is CC(C)CC(NC(=O)C(CS)NC(=O)C(N)C(C)O)C(=O)NC(Cc1ccccc1)C(=O)O. The van der Waals surface area contributed by atoms with E-state index in [1.165, 1.54) is 6.92 Å². The minimum Gasteiger partial charge on any atom is -0.480 e. The Bertz CT molecular complexity index is 805. The van der Waals surface area contributed by atoms with Crippen LogP contribution in [-0.2, 0) is 25.6 Å². The molecular formula is C22H34N4O6S. The molecule has 0 saturated carbocycles. The van der Waals surface area contributed by atoms with Gasteiger partial charge in [0.05, 0.1) is 6.10 Å². The molecule has 0 spiro atoms. The van der Waals surface area contributed by atoms with E-state index in [0.29, 0.717) is 0 Å². The Labute approximate surface area is 199 Å². The minimum atomic E-state index is -1.23. The fourth-order valence-corrected chi connectivity index (χ4v) is 3.24. The number of aliphatic carboxylic acids is 1. The van der Waals surface area contributed by atoms with Crippen molar-refractivity contribution in [3.63, 3.8) is 0 Å². The van der Waals surface area contributed by atoms with Crippen molar-refractivity contribution in [1.29, 1.82) is 0 Å². The van der Waals surface area contributed by atoms with Gasteiger partial charge < -0.3 is 31.9 Å². The third-order valence-corrected chi connectivity index (χ3v) is 5.24. The van der Waals surface area contributed by atoms with Crippen molar-refractivity contribution in [2.45, 2.75) is 63.9 Å². The molecule has 0 fully saturated rings. The second-order valence-corrected chi connectivity index (χ2v) is 8.66. The highest BCUT2D eigenvalue weighted by atomic mass is 32.1. The Kier molecular flexibility index (Phi) is 11.9. The Morgan fingerprint density at radius 3 is 1.91 bits per heavy atom.